The Morgan fingerprint density at radius 3 is 2.69 bits per heavy atom. The Hall–Kier alpha value is -3.41. The van der Waals surface area contributed by atoms with Crippen LogP contribution in [0.5, 0.6) is 0 Å². The molecule has 1 saturated heterocycles. The summed E-state index contributed by atoms with van der Waals surface area (Å²) in [5.41, 5.74) is 3.93. The molecule has 0 bridgehead atoms. The molecule has 4 rings (SSSR count). The second-order valence-corrected chi connectivity index (χ2v) is 7.28. The van der Waals surface area contributed by atoms with Crippen LogP contribution in [0.25, 0.3) is 5.69 Å². The number of carbonyl (C=O) groups is 2. The minimum atomic E-state index is -0.336. The Morgan fingerprint density at radius 2 is 1.90 bits per heavy atom. The summed E-state index contributed by atoms with van der Waals surface area (Å²) in [7, 11) is 0. The summed E-state index contributed by atoms with van der Waals surface area (Å²) in [6.45, 7) is 2.89. The highest BCUT2D eigenvalue weighted by molar-refractivity contribution is 6.00. The average Bonchev–Trinajstić information content (AvgIpc) is 3.39. The first-order valence-corrected chi connectivity index (χ1v) is 9.90. The average molecular weight is 388 g/mol. The Labute approximate surface area is 170 Å². The number of benzene rings is 2. The number of hydrogen-bond donors (Lipinski definition) is 1. The van der Waals surface area contributed by atoms with Crippen LogP contribution in [0, 0.1) is 5.92 Å². The van der Waals surface area contributed by atoms with Crippen molar-refractivity contribution in [3.8, 4) is 5.69 Å². The predicted octanol–water partition coefficient (Wildman–Crippen LogP) is 3.10. The van der Waals surface area contributed by atoms with Gasteiger partial charge in [0.15, 0.2) is 0 Å². The van der Waals surface area contributed by atoms with E-state index in [1.54, 1.807) is 15.8 Å². The summed E-state index contributed by atoms with van der Waals surface area (Å²) in [6.07, 6.45) is 4.80. The summed E-state index contributed by atoms with van der Waals surface area (Å²) in [6, 6.07) is 17.8. The molecule has 2 amide bonds. The first kappa shape index (κ1) is 18.9. The van der Waals surface area contributed by atoms with Gasteiger partial charge in [-0.3, -0.25) is 9.59 Å². The molecule has 3 aromatic rings. The van der Waals surface area contributed by atoms with Crippen molar-refractivity contribution in [2.45, 2.75) is 26.3 Å². The van der Waals surface area contributed by atoms with E-state index in [0.29, 0.717) is 13.1 Å². The lowest BCUT2D eigenvalue weighted by atomic mass is 10.1. The lowest BCUT2D eigenvalue weighted by molar-refractivity contribution is -0.126. The van der Waals surface area contributed by atoms with Crippen molar-refractivity contribution in [2.24, 2.45) is 5.92 Å². The van der Waals surface area contributed by atoms with Crippen LogP contribution in [0.2, 0.25) is 0 Å². The molecule has 1 fully saturated rings. The standard InChI is InChI=1S/C23H24N4O2/c1-2-17-7-6-10-21(11-17)26-16-19(12-22(26)28)23(29)24-13-18-14-25-27(15-18)20-8-4-3-5-9-20/h3-11,14-15,19H,2,12-13,16H2,1H3,(H,24,29). The van der Waals surface area contributed by atoms with Gasteiger partial charge in [0, 0.05) is 37.0 Å². The van der Waals surface area contributed by atoms with Crippen molar-refractivity contribution >= 4 is 17.5 Å². The fourth-order valence-electron chi connectivity index (χ4n) is 3.58. The molecule has 2 heterocycles. The van der Waals surface area contributed by atoms with E-state index in [-0.39, 0.29) is 24.2 Å². The lowest BCUT2D eigenvalue weighted by Gasteiger charge is -2.17. The highest BCUT2D eigenvalue weighted by Gasteiger charge is 2.35. The highest BCUT2D eigenvalue weighted by Crippen LogP contribution is 2.26. The molecule has 0 radical (unpaired) electrons. The first-order valence-electron chi connectivity index (χ1n) is 9.90. The van der Waals surface area contributed by atoms with E-state index in [1.807, 2.05) is 60.8 Å². The summed E-state index contributed by atoms with van der Waals surface area (Å²) < 4.78 is 1.78. The molecule has 0 aliphatic carbocycles. The molecule has 148 valence electrons. The summed E-state index contributed by atoms with van der Waals surface area (Å²) >= 11 is 0. The maximum absolute atomic E-state index is 12.6. The van der Waals surface area contributed by atoms with Gasteiger partial charge in [-0.1, -0.05) is 37.3 Å². The van der Waals surface area contributed by atoms with Crippen molar-refractivity contribution in [3.05, 3.63) is 78.1 Å². The molecule has 0 spiro atoms. The highest BCUT2D eigenvalue weighted by atomic mass is 16.2. The molecule has 1 aliphatic rings. The van der Waals surface area contributed by atoms with Gasteiger partial charge in [-0.15, -0.1) is 0 Å². The Balaban J connectivity index is 1.36. The van der Waals surface area contributed by atoms with E-state index in [0.717, 1.165) is 23.4 Å². The molecule has 6 nitrogen and oxygen atoms in total. The number of rotatable bonds is 6. The van der Waals surface area contributed by atoms with Gasteiger partial charge in [-0.25, -0.2) is 4.68 Å². The molecule has 1 atom stereocenters. The summed E-state index contributed by atoms with van der Waals surface area (Å²) in [5, 5.41) is 7.29. The van der Waals surface area contributed by atoms with Crippen LogP contribution >= 0.6 is 0 Å². The van der Waals surface area contributed by atoms with Crippen molar-refractivity contribution in [1.29, 1.82) is 0 Å². The van der Waals surface area contributed by atoms with E-state index in [1.165, 1.54) is 5.56 Å². The molecule has 6 heteroatoms. The van der Waals surface area contributed by atoms with E-state index in [2.05, 4.69) is 17.3 Å². The summed E-state index contributed by atoms with van der Waals surface area (Å²) in [5.74, 6) is -0.438. The maximum atomic E-state index is 12.6. The second kappa shape index (κ2) is 8.31. The topological polar surface area (TPSA) is 67.2 Å². The molecule has 2 aromatic carbocycles. The maximum Gasteiger partial charge on any atom is 0.227 e. The SMILES string of the molecule is CCc1cccc(N2CC(C(=O)NCc3cnn(-c4ccccc4)c3)CC2=O)c1. The first-order chi connectivity index (χ1) is 14.1. The van der Waals surface area contributed by atoms with E-state index in [9.17, 15) is 9.59 Å². The summed E-state index contributed by atoms with van der Waals surface area (Å²) in [4.78, 5) is 26.8. The Kier molecular flexibility index (Phi) is 5.42. The van der Waals surface area contributed by atoms with Gasteiger partial charge in [-0.2, -0.15) is 5.10 Å². The number of hydrogen-bond acceptors (Lipinski definition) is 3. The van der Waals surface area contributed by atoms with Gasteiger partial charge >= 0.3 is 0 Å². The molecular formula is C23H24N4O2. The molecule has 1 aliphatic heterocycles. The number of anilines is 1. The third kappa shape index (κ3) is 4.21. The predicted molar refractivity (Wildman–Crippen MR) is 112 cm³/mol. The van der Waals surface area contributed by atoms with Crippen LogP contribution < -0.4 is 10.2 Å². The monoisotopic (exact) mass is 388 g/mol. The Bertz CT molecular complexity index is 1010. The van der Waals surface area contributed by atoms with Crippen LogP contribution in [0.4, 0.5) is 5.69 Å². The van der Waals surface area contributed by atoms with Crippen LogP contribution in [0.3, 0.4) is 0 Å². The van der Waals surface area contributed by atoms with E-state index in [4.69, 9.17) is 0 Å². The third-order valence-corrected chi connectivity index (χ3v) is 5.25. The molecule has 1 N–H and O–H groups in total. The molecule has 0 saturated carbocycles. The molecule has 1 aromatic heterocycles. The van der Waals surface area contributed by atoms with Crippen LogP contribution in [0.15, 0.2) is 67.0 Å². The number of aryl methyl sites for hydroxylation is 1. The van der Waals surface area contributed by atoms with Gasteiger partial charge < -0.3 is 10.2 Å². The Morgan fingerprint density at radius 1 is 1.10 bits per heavy atom. The van der Waals surface area contributed by atoms with Crippen LogP contribution in [-0.2, 0) is 22.6 Å². The van der Waals surface area contributed by atoms with Crippen LogP contribution in [0.1, 0.15) is 24.5 Å². The molecular weight excluding hydrogens is 364 g/mol. The number of carbonyl (C=O) groups excluding carboxylic acids is 2. The number of aromatic nitrogens is 2. The third-order valence-electron chi connectivity index (χ3n) is 5.25. The number of para-hydroxylation sites is 1. The minimum Gasteiger partial charge on any atom is -0.352 e. The van der Waals surface area contributed by atoms with Gasteiger partial charge in [0.1, 0.15) is 0 Å². The van der Waals surface area contributed by atoms with Crippen LogP contribution in [-0.4, -0.2) is 28.1 Å². The number of nitrogens with zero attached hydrogens (tertiary/aromatic N) is 3. The van der Waals surface area contributed by atoms with E-state index >= 15 is 0 Å². The zero-order chi connectivity index (χ0) is 20.2. The van der Waals surface area contributed by atoms with Crippen molar-refractivity contribution < 1.29 is 9.59 Å². The van der Waals surface area contributed by atoms with Gasteiger partial charge in [-0.05, 0) is 36.2 Å². The zero-order valence-corrected chi connectivity index (χ0v) is 16.4. The largest absolute Gasteiger partial charge is 0.352 e. The second-order valence-electron chi connectivity index (χ2n) is 7.28. The smallest absolute Gasteiger partial charge is 0.227 e. The number of nitrogens with one attached hydrogen (secondary N) is 1. The van der Waals surface area contributed by atoms with Crippen molar-refractivity contribution in [2.75, 3.05) is 11.4 Å². The van der Waals surface area contributed by atoms with Crippen molar-refractivity contribution in [1.82, 2.24) is 15.1 Å². The molecule has 1 unspecified atom stereocenters. The quantitative estimate of drug-likeness (QED) is 0.706. The fraction of sp³-hybridized carbons (Fsp3) is 0.261. The fourth-order valence-corrected chi connectivity index (χ4v) is 3.58. The molecule has 29 heavy (non-hydrogen) atoms. The van der Waals surface area contributed by atoms with Crippen molar-refractivity contribution in [3.63, 3.8) is 0 Å². The zero-order valence-electron chi connectivity index (χ0n) is 16.4. The number of amides is 2. The lowest BCUT2D eigenvalue weighted by Crippen LogP contribution is -2.32. The normalized spacial score (nSPS) is 16.2. The van der Waals surface area contributed by atoms with Gasteiger partial charge in [0.05, 0.1) is 17.8 Å². The minimum absolute atomic E-state index is 0.00435. The van der Waals surface area contributed by atoms with E-state index < -0.39 is 0 Å². The van der Waals surface area contributed by atoms with Gasteiger partial charge in [0.25, 0.3) is 0 Å². The van der Waals surface area contributed by atoms with Gasteiger partial charge in [0.2, 0.25) is 11.8 Å².